The fourth-order valence-electron chi connectivity index (χ4n) is 3.58. The number of nitrogens with zero attached hydrogens (tertiary/aromatic N) is 1. The van der Waals surface area contributed by atoms with Crippen molar-refractivity contribution in [3.05, 3.63) is 35.1 Å². The van der Waals surface area contributed by atoms with Crippen LogP contribution in [0, 0.1) is 18.2 Å². The third-order valence-corrected chi connectivity index (χ3v) is 5.60. The Morgan fingerprint density at radius 2 is 1.86 bits per heavy atom. The van der Waals surface area contributed by atoms with E-state index in [2.05, 4.69) is 18.7 Å². The molecule has 1 heterocycles. The maximum absolute atomic E-state index is 13.8. The summed E-state index contributed by atoms with van der Waals surface area (Å²) in [6.07, 6.45) is 4.96. The average molecular weight is 292 g/mol. The number of rotatable bonds is 5. The van der Waals surface area contributed by atoms with Crippen LogP contribution in [0.15, 0.2) is 18.2 Å². The lowest BCUT2D eigenvalue weighted by molar-refractivity contribution is 0.0679. The van der Waals surface area contributed by atoms with Crippen LogP contribution in [-0.2, 0) is 0 Å². The number of piperidine rings is 1. The molecule has 1 aliphatic heterocycles. The number of halogens is 1. The van der Waals surface area contributed by atoms with Crippen LogP contribution in [0.25, 0.3) is 0 Å². The van der Waals surface area contributed by atoms with Gasteiger partial charge in [0.25, 0.3) is 0 Å². The highest BCUT2D eigenvalue weighted by Crippen LogP contribution is 2.39. The SMILES string of the molecule is CCC1(CC)CCN(C(CN)c2ccc(C)c(F)c2)CC1. The quantitative estimate of drug-likeness (QED) is 0.887. The van der Waals surface area contributed by atoms with Gasteiger partial charge in [0, 0.05) is 12.6 Å². The molecule has 2 N–H and O–H groups in total. The molecule has 2 nitrogen and oxygen atoms in total. The Kier molecular flexibility index (Phi) is 5.39. The molecular weight excluding hydrogens is 263 g/mol. The van der Waals surface area contributed by atoms with E-state index in [1.807, 2.05) is 12.1 Å². The normalized spacial score (nSPS) is 20.4. The molecule has 1 saturated heterocycles. The molecule has 0 bridgehead atoms. The Labute approximate surface area is 128 Å². The molecule has 0 aromatic heterocycles. The molecule has 0 saturated carbocycles. The lowest BCUT2D eigenvalue weighted by atomic mass is 9.74. The first-order valence-electron chi connectivity index (χ1n) is 8.25. The Bertz CT molecular complexity index is 458. The van der Waals surface area contributed by atoms with E-state index in [9.17, 15) is 4.39 Å². The van der Waals surface area contributed by atoms with E-state index in [4.69, 9.17) is 5.73 Å². The van der Waals surface area contributed by atoms with Crippen molar-refractivity contribution in [1.82, 2.24) is 4.90 Å². The number of hydrogen-bond acceptors (Lipinski definition) is 2. The standard InChI is InChI=1S/C18H29FN2/c1-4-18(5-2)8-10-21(11-9-18)17(13-20)15-7-6-14(3)16(19)12-15/h6-7,12,17H,4-5,8-11,13,20H2,1-3H3. The minimum atomic E-state index is -0.126. The van der Waals surface area contributed by atoms with Gasteiger partial charge in [-0.1, -0.05) is 38.8 Å². The van der Waals surface area contributed by atoms with E-state index in [0.717, 1.165) is 18.7 Å². The van der Waals surface area contributed by atoms with Crippen molar-refractivity contribution in [3.63, 3.8) is 0 Å². The topological polar surface area (TPSA) is 29.3 Å². The predicted molar refractivity (Wildman–Crippen MR) is 86.8 cm³/mol. The van der Waals surface area contributed by atoms with Gasteiger partial charge >= 0.3 is 0 Å². The fourth-order valence-corrected chi connectivity index (χ4v) is 3.58. The lowest BCUT2D eigenvalue weighted by Gasteiger charge is -2.44. The van der Waals surface area contributed by atoms with Gasteiger partial charge in [-0.3, -0.25) is 4.90 Å². The molecule has 0 aliphatic carbocycles. The molecule has 1 aliphatic rings. The van der Waals surface area contributed by atoms with Crippen molar-refractivity contribution in [1.29, 1.82) is 0 Å². The van der Waals surface area contributed by atoms with Crippen LogP contribution >= 0.6 is 0 Å². The zero-order valence-corrected chi connectivity index (χ0v) is 13.7. The molecule has 1 atom stereocenters. The van der Waals surface area contributed by atoms with E-state index in [-0.39, 0.29) is 11.9 Å². The second-order valence-corrected chi connectivity index (χ2v) is 6.50. The second-order valence-electron chi connectivity index (χ2n) is 6.50. The minimum absolute atomic E-state index is 0.126. The van der Waals surface area contributed by atoms with E-state index >= 15 is 0 Å². The summed E-state index contributed by atoms with van der Waals surface area (Å²) >= 11 is 0. The third-order valence-electron chi connectivity index (χ3n) is 5.60. The number of hydrogen-bond donors (Lipinski definition) is 1. The average Bonchev–Trinajstić information content (AvgIpc) is 2.52. The molecule has 0 radical (unpaired) electrons. The monoisotopic (exact) mass is 292 g/mol. The van der Waals surface area contributed by atoms with Crippen LogP contribution in [0.2, 0.25) is 0 Å². The van der Waals surface area contributed by atoms with Gasteiger partial charge in [-0.25, -0.2) is 4.39 Å². The van der Waals surface area contributed by atoms with Crippen molar-refractivity contribution in [2.75, 3.05) is 19.6 Å². The van der Waals surface area contributed by atoms with Gasteiger partial charge in [0.15, 0.2) is 0 Å². The van der Waals surface area contributed by atoms with Gasteiger partial charge in [0.1, 0.15) is 5.82 Å². The first kappa shape index (κ1) is 16.4. The van der Waals surface area contributed by atoms with Gasteiger partial charge in [0.2, 0.25) is 0 Å². The Morgan fingerprint density at radius 1 is 1.24 bits per heavy atom. The maximum Gasteiger partial charge on any atom is 0.126 e. The summed E-state index contributed by atoms with van der Waals surface area (Å²) in [5.74, 6) is -0.126. The van der Waals surface area contributed by atoms with Gasteiger partial charge in [-0.15, -0.1) is 0 Å². The van der Waals surface area contributed by atoms with E-state index in [1.165, 1.54) is 25.7 Å². The van der Waals surface area contributed by atoms with Crippen LogP contribution in [0.5, 0.6) is 0 Å². The summed E-state index contributed by atoms with van der Waals surface area (Å²) in [7, 11) is 0. The highest BCUT2D eigenvalue weighted by atomic mass is 19.1. The van der Waals surface area contributed by atoms with Crippen molar-refractivity contribution in [2.24, 2.45) is 11.1 Å². The lowest BCUT2D eigenvalue weighted by Crippen LogP contribution is -2.43. The Hall–Kier alpha value is -0.930. The molecular formula is C18H29FN2. The second kappa shape index (κ2) is 6.89. The molecule has 3 heteroatoms. The molecule has 21 heavy (non-hydrogen) atoms. The van der Waals surface area contributed by atoms with E-state index in [1.54, 1.807) is 13.0 Å². The number of benzene rings is 1. The van der Waals surface area contributed by atoms with Crippen molar-refractivity contribution >= 4 is 0 Å². The molecule has 0 spiro atoms. The largest absolute Gasteiger partial charge is 0.329 e. The molecule has 1 aromatic rings. The van der Waals surface area contributed by atoms with Crippen LogP contribution in [-0.4, -0.2) is 24.5 Å². The van der Waals surface area contributed by atoms with Crippen LogP contribution in [0.3, 0.4) is 0 Å². The Balaban J connectivity index is 2.11. The molecule has 1 unspecified atom stereocenters. The fraction of sp³-hybridized carbons (Fsp3) is 0.667. The minimum Gasteiger partial charge on any atom is -0.329 e. The molecule has 2 rings (SSSR count). The molecule has 1 fully saturated rings. The summed E-state index contributed by atoms with van der Waals surface area (Å²) in [6, 6.07) is 5.69. The van der Waals surface area contributed by atoms with Crippen molar-refractivity contribution in [2.45, 2.75) is 52.5 Å². The van der Waals surface area contributed by atoms with Crippen molar-refractivity contribution < 1.29 is 4.39 Å². The van der Waals surface area contributed by atoms with Crippen LogP contribution in [0.1, 0.15) is 56.7 Å². The Morgan fingerprint density at radius 3 is 2.33 bits per heavy atom. The van der Waals surface area contributed by atoms with Crippen molar-refractivity contribution in [3.8, 4) is 0 Å². The van der Waals surface area contributed by atoms with Gasteiger partial charge in [-0.05, 0) is 55.5 Å². The van der Waals surface area contributed by atoms with Gasteiger partial charge < -0.3 is 5.73 Å². The summed E-state index contributed by atoms with van der Waals surface area (Å²) in [5.41, 5.74) is 8.21. The molecule has 0 amide bonds. The highest BCUT2D eigenvalue weighted by Gasteiger charge is 2.33. The van der Waals surface area contributed by atoms with Gasteiger partial charge in [0.05, 0.1) is 0 Å². The maximum atomic E-state index is 13.8. The first-order valence-corrected chi connectivity index (χ1v) is 8.25. The smallest absolute Gasteiger partial charge is 0.126 e. The third kappa shape index (κ3) is 3.46. The van der Waals surface area contributed by atoms with Crippen LogP contribution < -0.4 is 5.73 Å². The molecule has 1 aromatic carbocycles. The van der Waals surface area contributed by atoms with E-state index < -0.39 is 0 Å². The van der Waals surface area contributed by atoms with E-state index in [0.29, 0.717) is 17.5 Å². The summed E-state index contributed by atoms with van der Waals surface area (Å²) in [4.78, 5) is 2.44. The van der Waals surface area contributed by atoms with Gasteiger partial charge in [-0.2, -0.15) is 0 Å². The zero-order valence-electron chi connectivity index (χ0n) is 13.7. The number of likely N-dealkylation sites (tertiary alicyclic amines) is 1. The van der Waals surface area contributed by atoms with Crippen LogP contribution in [0.4, 0.5) is 4.39 Å². The number of nitrogens with two attached hydrogens (primary N) is 1. The number of aryl methyl sites for hydroxylation is 1. The summed E-state index contributed by atoms with van der Waals surface area (Å²) in [6.45, 7) is 9.09. The summed E-state index contributed by atoms with van der Waals surface area (Å²) < 4.78 is 13.8. The molecule has 118 valence electrons. The zero-order chi connectivity index (χ0) is 15.5. The highest BCUT2D eigenvalue weighted by molar-refractivity contribution is 5.26. The summed E-state index contributed by atoms with van der Waals surface area (Å²) in [5, 5.41) is 0. The predicted octanol–water partition coefficient (Wildman–Crippen LogP) is 4.04. The first-order chi connectivity index (χ1) is 10.0.